The molecule has 3 N–H and O–H groups in total. The normalized spacial score (nSPS) is 12.3. The van der Waals surface area contributed by atoms with Crippen molar-refractivity contribution >= 4 is 50.8 Å². The van der Waals surface area contributed by atoms with Crippen molar-refractivity contribution in [1.82, 2.24) is 15.3 Å². The molecule has 0 fully saturated rings. The van der Waals surface area contributed by atoms with Gasteiger partial charge in [0.2, 0.25) is 5.91 Å². The molecule has 5 aromatic rings. The quantitative estimate of drug-likeness (QED) is 0.292. The Morgan fingerprint density at radius 2 is 1.97 bits per heavy atom. The number of oxazole rings is 1. The number of fused-ring (bicyclic) bond motifs is 2. The highest BCUT2D eigenvalue weighted by Gasteiger charge is 2.24. The van der Waals surface area contributed by atoms with Crippen LogP contribution in [0.4, 0.5) is 5.69 Å². The SMILES string of the molecule is CC(C)c1nc2cc(NC(=O)C(Cc3c[nH]c4ccccc34)NC(=O)c3cccs3)ccc2o1. The highest BCUT2D eigenvalue weighted by molar-refractivity contribution is 7.12. The van der Waals surface area contributed by atoms with Gasteiger partial charge in [-0.2, -0.15) is 0 Å². The van der Waals surface area contributed by atoms with E-state index in [0.717, 1.165) is 16.5 Å². The molecule has 0 spiro atoms. The second-order valence-corrected chi connectivity index (χ2v) is 9.39. The number of hydrogen-bond acceptors (Lipinski definition) is 5. The minimum absolute atomic E-state index is 0.165. The number of aromatic nitrogens is 2. The van der Waals surface area contributed by atoms with Gasteiger partial charge in [-0.25, -0.2) is 4.98 Å². The summed E-state index contributed by atoms with van der Waals surface area (Å²) in [7, 11) is 0. The molecule has 7 nitrogen and oxygen atoms in total. The van der Waals surface area contributed by atoms with E-state index in [0.29, 0.717) is 34.0 Å². The minimum atomic E-state index is -0.770. The molecule has 3 heterocycles. The van der Waals surface area contributed by atoms with E-state index in [4.69, 9.17) is 4.42 Å². The fourth-order valence-corrected chi connectivity index (χ4v) is 4.49. The van der Waals surface area contributed by atoms with Gasteiger partial charge < -0.3 is 20.0 Å². The first kappa shape index (κ1) is 21.9. The van der Waals surface area contributed by atoms with Crippen LogP contribution in [0, 0.1) is 0 Å². The smallest absolute Gasteiger partial charge is 0.262 e. The van der Waals surface area contributed by atoms with Crippen molar-refractivity contribution in [2.75, 3.05) is 5.32 Å². The molecule has 1 atom stereocenters. The Morgan fingerprint density at radius 1 is 1.12 bits per heavy atom. The number of nitrogens with zero attached hydrogens (tertiary/aromatic N) is 1. The van der Waals surface area contributed by atoms with Crippen molar-refractivity contribution in [3.63, 3.8) is 0 Å². The lowest BCUT2D eigenvalue weighted by molar-refractivity contribution is -0.118. The predicted molar refractivity (Wildman–Crippen MR) is 134 cm³/mol. The number of carbonyl (C=O) groups excluding carboxylic acids is 2. The van der Waals surface area contributed by atoms with E-state index in [2.05, 4.69) is 20.6 Å². The summed E-state index contributed by atoms with van der Waals surface area (Å²) in [5.41, 5.74) is 3.88. The molecule has 2 amide bonds. The summed E-state index contributed by atoms with van der Waals surface area (Å²) >= 11 is 1.34. The fraction of sp³-hybridized carbons (Fsp3) is 0.192. The Morgan fingerprint density at radius 3 is 2.76 bits per heavy atom. The van der Waals surface area contributed by atoms with Crippen LogP contribution in [0.3, 0.4) is 0 Å². The fourth-order valence-electron chi connectivity index (χ4n) is 3.87. The highest BCUT2D eigenvalue weighted by Crippen LogP contribution is 2.24. The van der Waals surface area contributed by atoms with Gasteiger partial charge in [0.05, 0.1) is 4.88 Å². The second-order valence-electron chi connectivity index (χ2n) is 8.45. The van der Waals surface area contributed by atoms with E-state index in [-0.39, 0.29) is 17.7 Å². The topological polar surface area (TPSA) is 100 Å². The average Bonchev–Trinajstić information content (AvgIpc) is 3.58. The Kier molecular flexibility index (Phi) is 5.90. The molecule has 8 heteroatoms. The van der Waals surface area contributed by atoms with Crippen molar-refractivity contribution in [2.45, 2.75) is 32.2 Å². The van der Waals surface area contributed by atoms with E-state index in [1.54, 1.807) is 24.3 Å². The summed E-state index contributed by atoms with van der Waals surface area (Å²) in [5.74, 6) is 0.239. The number of H-pyrrole nitrogens is 1. The third kappa shape index (κ3) is 4.45. The number of nitrogens with one attached hydrogen (secondary N) is 3. The molecule has 3 aromatic heterocycles. The molecule has 1 unspecified atom stereocenters. The first-order chi connectivity index (χ1) is 16.5. The maximum atomic E-state index is 13.4. The molecule has 0 saturated carbocycles. The molecular formula is C26H24N4O3S. The molecule has 0 aliphatic carbocycles. The van der Waals surface area contributed by atoms with Crippen LogP contribution in [0.1, 0.15) is 40.9 Å². The van der Waals surface area contributed by atoms with E-state index in [1.807, 2.05) is 55.8 Å². The number of anilines is 1. The van der Waals surface area contributed by atoms with Crippen molar-refractivity contribution in [3.05, 3.63) is 82.5 Å². The predicted octanol–water partition coefficient (Wildman–Crippen LogP) is 5.47. The zero-order chi connectivity index (χ0) is 23.7. The van der Waals surface area contributed by atoms with Crippen LogP contribution in [0.15, 0.2) is 70.6 Å². The standard InChI is InChI=1S/C26H24N4O3S/c1-15(2)26-30-20-13-17(9-10-22(20)33-26)28-24(31)21(29-25(32)23-8-5-11-34-23)12-16-14-27-19-7-4-3-6-18(16)19/h3-11,13-15,21,27H,12H2,1-2H3,(H,28,31)(H,29,32). The summed E-state index contributed by atoms with van der Waals surface area (Å²) in [6.07, 6.45) is 2.23. The molecule has 2 aromatic carbocycles. The average molecular weight is 473 g/mol. The van der Waals surface area contributed by atoms with Crippen LogP contribution in [-0.4, -0.2) is 27.8 Å². The summed E-state index contributed by atoms with van der Waals surface area (Å²) in [4.78, 5) is 34.5. The van der Waals surface area contributed by atoms with Gasteiger partial charge in [0, 0.05) is 35.1 Å². The molecule has 34 heavy (non-hydrogen) atoms. The monoisotopic (exact) mass is 472 g/mol. The maximum absolute atomic E-state index is 13.4. The lowest BCUT2D eigenvalue weighted by Crippen LogP contribution is -2.45. The largest absolute Gasteiger partial charge is 0.440 e. The lowest BCUT2D eigenvalue weighted by Gasteiger charge is -2.18. The number of rotatable bonds is 7. The van der Waals surface area contributed by atoms with Gasteiger partial charge in [-0.15, -0.1) is 11.3 Å². The van der Waals surface area contributed by atoms with Crippen LogP contribution >= 0.6 is 11.3 Å². The Labute approximate surface area is 200 Å². The lowest BCUT2D eigenvalue weighted by atomic mass is 10.0. The third-order valence-corrected chi connectivity index (χ3v) is 6.50. The number of amides is 2. The summed E-state index contributed by atoms with van der Waals surface area (Å²) < 4.78 is 5.76. The van der Waals surface area contributed by atoms with Crippen molar-refractivity contribution in [2.24, 2.45) is 0 Å². The van der Waals surface area contributed by atoms with Gasteiger partial charge in [-0.3, -0.25) is 9.59 Å². The third-order valence-electron chi connectivity index (χ3n) is 5.63. The summed E-state index contributed by atoms with van der Waals surface area (Å²) in [6, 6.07) is 16.0. The Balaban J connectivity index is 1.41. The summed E-state index contributed by atoms with van der Waals surface area (Å²) in [6.45, 7) is 4.03. The molecule has 0 aliphatic rings. The molecule has 0 bridgehead atoms. The van der Waals surface area contributed by atoms with Gasteiger partial charge in [-0.05, 0) is 41.3 Å². The number of thiophene rings is 1. The van der Waals surface area contributed by atoms with Gasteiger partial charge in [0.15, 0.2) is 11.5 Å². The van der Waals surface area contributed by atoms with E-state index >= 15 is 0 Å². The molecule has 5 rings (SSSR count). The van der Waals surface area contributed by atoms with Gasteiger partial charge >= 0.3 is 0 Å². The molecule has 0 aliphatic heterocycles. The van der Waals surface area contributed by atoms with Crippen molar-refractivity contribution in [3.8, 4) is 0 Å². The van der Waals surface area contributed by atoms with Gasteiger partial charge in [-0.1, -0.05) is 38.1 Å². The zero-order valence-corrected chi connectivity index (χ0v) is 19.6. The van der Waals surface area contributed by atoms with Crippen LogP contribution in [0.5, 0.6) is 0 Å². The first-order valence-electron chi connectivity index (χ1n) is 11.1. The minimum Gasteiger partial charge on any atom is -0.440 e. The first-order valence-corrected chi connectivity index (χ1v) is 12.0. The Bertz CT molecular complexity index is 1470. The number of carbonyl (C=O) groups is 2. The zero-order valence-electron chi connectivity index (χ0n) is 18.8. The highest BCUT2D eigenvalue weighted by atomic mass is 32.1. The van der Waals surface area contributed by atoms with Gasteiger partial charge in [0.1, 0.15) is 11.6 Å². The molecular weight excluding hydrogens is 448 g/mol. The number of para-hydroxylation sites is 1. The van der Waals surface area contributed by atoms with Gasteiger partial charge in [0.25, 0.3) is 5.91 Å². The molecule has 172 valence electrons. The van der Waals surface area contributed by atoms with Crippen LogP contribution in [-0.2, 0) is 11.2 Å². The van der Waals surface area contributed by atoms with Crippen LogP contribution < -0.4 is 10.6 Å². The van der Waals surface area contributed by atoms with Crippen LogP contribution in [0.25, 0.3) is 22.0 Å². The van der Waals surface area contributed by atoms with Crippen molar-refractivity contribution < 1.29 is 14.0 Å². The molecule has 0 saturated heterocycles. The van der Waals surface area contributed by atoms with Crippen LogP contribution in [0.2, 0.25) is 0 Å². The van der Waals surface area contributed by atoms with E-state index < -0.39 is 6.04 Å². The second kappa shape index (κ2) is 9.15. The maximum Gasteiger partial charge on any atom is 0.262 e. The number of aromatic amines is 1. The number of benzene rings is 2. The molecule has 0 radical (unpaired) electrons. The summed E-state index contributed by atoms with van der Waals surface area (Å²) in [5, 5.41) is 8.71. The van der Waals surface area contributed by atoms with E-state index in [9.17, 15) is 9.59 Å². The Hall–Kier alpha value is -3.91. The van der Waals surface area contributed by atoms with E-state index in [1.165, 1.54) is 11.3 Å². The number of hydrogen-bond donors (Lipinski definition) is 3. The van der Waals surface area contributed by atoms with Crippen molar-refractivity contribution in [1.29, 1.82) is 0 Å².